The molecule has 2 aromatic rings. The highest BCUT2D eigenvalue weighted by Crippen LogP contribution is 2.49. The summed E-state index contributed by atoms with van der Waals surface area (Å²) in [6.45, 7) is 0. The van der Waals surface area contributed by atoms with Gasteiger partial charge in [-0.1, -0.05) is 30.4 Å². The van der Waals surface area contributed by atoms with Crippen molar-refractivity contribution in [3.05, 3.63) is 41.0 Å². The number of amides is 1. The lowest BCUT2D eigenvalue weighted by Crippen LogP contribution is -2.41. The van der Waals surface area contributed by atoms with Gasteiger partial charge in [0.1, 0.15) is 15.8 Å². The number of phenols is 1. The molecule has 1 aliphatic heterocycles. The number of phenolic OH excluding ortho intramolecular Hbond substituents is 1. The van der Waals surface area contributed by atoms with Gasteiger partial charge in [0.15, 0.2) is 11.5 Å². The van der Waals surface area contributed by atoms with E-state index in [0.717, 1.165) is 17.9 Å². The SMILES string of the molecule is COc1cc(-c2ccc(C=C3SC(=S)N(C4CC5CCC4C5)C3=O)o2)ccc1O. The van der Waals surface area contributed by atoms with Gasteiger partial charge < -0.3 is 14.3 Å². The molecule has 2 aliphatic carbocycles. The average Bonchev–Trinajstić information content (AvgIpc) is 3.48. The highest BCUT2D eigenvalue weighted by molar-refractivity contribution is 8.26. The lowest BCUT2D eigenvalue weighted by molar-refractivity contribution is -0.124. The summed E-state index contributed by atoms with van der Waals surface area (Å²) in [6.07, 6.45) is 6.59. The number of thioether (sulfide) groups is 1. The minimum Gasteiger partial charge on any atom is -0.504 e. The number of hydrogen-bond donors (Lipinski definition) is 1. The topological polar surface area (TPSA) is 62.9 Å². The van der Waals surface area contributed by atoms with Gasteiger partial charge in [-0.05, 0) is 61.4 Å². The van der Waals surface area contributed by atoms with Crippen molar-refractivity contribution in [2.24, 2.45) is 11.8 Å². The maximum Gasteiger partial charge on any atom is 0.266 e. The minimum absolute atomic E-state index is 0.00167. The second-order valence-electron chi connectivity index (χ2n) is 7.88. The van der Waals surface area contributed by atoms with Gasteiger partial charge in [-0.3, -0.25) is 9.69 Å². The van der Waals surface area contributed by atoms with Crippen LogP contribution >= 0.6 is 24.0 Å². The number of benzene rings is 1. The first kappa shape index (κ1) is 18.8. The van der Waals surface area contributed by atoms with Crippen molar-refractivity contribution in [3.63, 3.8) is 0 Å². The number of ether oxygens (including phenoxy) is 1. The van der Waals surface area contributed by atoms with E-state index in [4.69, 9.17) is 21.4 Å². The Bertz CT molecular complexity index is 1030. The van der Waals surface area contributed by atoms with Crippen LogP contribution in [0.4, 0.5) is 0 Å². The van der Waals surface area contributed by atoms with Gasteiger partial charge in [0.2, 0.25) is 0 Å². The molecule has 1 N–H and O–H groups in total. The summed E-state index contributed by atoms with van der Waals surface area (Å²) >= 11 is 6.90. The van der Waals surface area contributed by atoms with Crippen molar-refractivity contribution < 1.29 is 19.1 Å². The first-order valence-electron chi connectivity index (χ1n) is 9.78. The van der Waals surface area contributed by atoms with Crippen LogP contribution in [0.3, 0.4) is 0 Å². The van der Waals surface area contributed by atoms with Crippen molar-refractivity contribution in [1.82, 2.24) is 4.90 Å². The third kappa shape index (κ3) is 3.26. The van der Waals surface area contributed by atoms with Gasteiger partial charge in [-0.25, -0.2) is 0 Å². The molecule has 29 heavy (non-hydrogen) atoms. The Hall–Kier alpha value is -2.25. The monoisotopic (exact) mass is 427 g/mol. The maximum absolute atomic E-state index is 13.0. The second kappa shape index (κ2) is 7.22. The van der Waals surface area contributed by atoms with E-state index < -0.39 is 0 Å². The fourth-order valence-corrected chi connectivity index (χ4v) is 6.19. The van der Waals surface area contributed by atoms with Gasteiger partial charge in [0.25, 0.3) is 5.91 Å². The summed E-state index contributed by atoms with van der Waals surface area (Å²) in [5.74, 6) is 3.05. The Morgan fingerprint density at radius 1 is 1.28 bits per heavy atom. The van der Waals surface area contributed by atoms with Gasteiger partial charge in [0, 0.05) is 17.7 Å². The molecule has 5 rings (SSSR count). The van der Waals surface area contributed by atoms with E-state index in [1.54, 1.807) is 24.3 Å². The number of carbonyl (C=O) groups excluding carboxylic acids is 1. The van der Waals surface area contributed by atoms with Crippen LogP contribution in [0.2, 0.25) is 0 Å². The van der Waals surface area contributed by atoms with E-state index in [0.29, 0.717) is 32.4 Å². The van der Waals surface area contributed by atoms with Gasteiger partial charge >= 0.3 is 0 Å². The number of nitrogens with zero attached hydrogens (tertiary/aromatic N) is 1. The fourth-order valence-electron chi connectivity index (χ4n) is 4.84. The van der Waals surface area contributed by atoms with Crippen LogP contribution in [0, 0.1) is 11.8 Å². The molecule has 0 radical (unpaired) electrons. The van der Waals surface area contributed by atoms with Gasteiger partial charge in [-0.15, -0.1) is 0 Å². The zero-order valence-electron chi connectivity index (χ0n) is 16.0. The Kier molecular flexibility index (Phi) is 4.67. The number of rotatable bonds is 4. The van der Waals surface area contributed by atoms with E-state index in [1.165, 1.54) is 38.1 Å². The first-order valence-corrected chi connectivity index (χ1v) is 11.0. The molecular weight excluding hydrogens is 406 g/mol. The third-order valence-corrected chi connectivity index (χ3v) is 7.55. The van der Waals surface area contributed by atoms with E-state index in [-0.39, 0.29) is 17.7 Å². The number of carbonyl (C=O) groups is 1. The van der Waals surface area contributed by atoms with Crippen molar-refractivity contribution >= 4 is 40.3 Å². The molecule has 2 heterocycles. The molecule has 3 atom stereocenters. The van der Waals surface area contributed by atoms with Crippen molar-refractivity contribution in [3.8, 4) is 22.8 Å². The molecule has 0 spiro atoms. The summed E-state index contributed by atoms with van der Waals surface area (Å²) < 4.78 is 11.7. The van der Waals surface area contributed by atoms with Gasteiger partial charge in [0.05, 0.1) is 12.0 Å². The van der Waals surface area contributed by atoms with E-state index >= 15 is 0 Å². The molecule has 1 aromatic carbocycles. The lowest BCUT2D eigenvalue weighted by atomic mass is 9.94. The molecule has 5 nitrogen and oxygen atoms in total. The van der Waals surface area contributed by atoms with Crippen LogP contribution in [0.15, 0.2) is 39.7 Å². The molecule has 3 unspecified atom stereocenters. The van der Waals surface area contributed by atoms with E-state index in [1.807, 2.05) is 17.0 Å². The van der Waals surface area contributed by atoms with Crippen LogP contribution in [0.5, 0.6) is 11.5 Å². The summed E-state index contributed by atoms with van der Waals surface area (Å²) in [4.78, 5) is 15.5. The molecule has 1 saturated heterocycles. The van der Waals surface area contributed by atoms with Crippen LogP contribution in [0.1, 0.15) is 31.4 Å². The number of fused-ring (bicyclic) bond motifs is 2. The number of aromatic hydroxyl groups is 1. The van der Waals surface area contributed by atoms with Crippen LogP contribution < -0.4 is 4.74 Å². The quantitative estimate of drug-likeness (QED) is 0.544. The summed E-state index contributed by atoms with van der Waals surface area (Å²) in [5, 5.41) is 9.76. The molecule has 1 aromatic heterocycles. The largest absolute Gasteiger partial charge is 0.504 e. The predicted molar refractivity (Wildman–Crippen MR) is 117 cm³/mol. The van der Waals surface area contributed by atoms with Crippen molar-refractivity contribution in [1.29, 1.82) is 0 Å². The van der Waals surface area contributed by atoms with Crippen LogP contribution in [-0.4, -0.2) is 33.4 Å². The minimum atomic E-state index is 0.00167. The first-order chi connectivity index (χ1) is 14.0. The Morgan fingerprint density at radius 3 is 2.86 bits per heavy atom. The molecule has 1 amide bonds. The number of hydrogen-bond acceptors (Lipinski definition) is 6. The third-order valence-electron chi connectivity index (χ3n) is 6.22. The van der Waals surface area contributed by atoms with E-state index in [2.05, 4.69) is 0 Å². The highest BCUT2D eigenvalue weighted by Gasteiger charge is 2.47. The predicted octanol–water partition coefficient (Wildman–Crippen LogP) is 5.05. The summed E-state index contributed by atoms with van der Waals surface area (Å²) in [7, 11) is 1.50. The summed E-state index contributed by atoms with van der Waals surface area (Å²) in [6, 6.07) is 8.98. The molecule has 2 saturated carbocycles. The second-order valence-corrected chi connectivity index (χ2v) is 9.56. The van der Waals surface area contributed by atoms with Crippen LogP contribution in [0.25, 0.3) is 17.4 Å². The Morgan fingerprint density at radius 2 is 2.14 bits per heavy atom. The number of thiocarbonyl (C=S) groups is 1. The van der Waals surface area contributed by atoms with Crippen molar-refractivity contribution in [2.75, 3.05) is 7.11 Å². The number of methoxy groups -OCH3 is 1. The van der Waals surface area contributed by atoms with Crippen LogP contribution in [-0.2, 0) is 4.79 Å². The Balaban J connectivity index is 1.37. The smallest absolute Gasteiger partial charge is 0.266 e. The summed E-state index contributed by atoms with van der Waals surface area (Å²) in [5.41, 5.74) is 0.786. The molecule has 3 fully saturated rings. The molecule has 2 bridgehead atoms. The normalized spacial score (nSPS) is 27.4. The molecule has 3 aliphatic rings. The lowest BCUT2D eigenvalue weighted by Gasteiger charge is -2.30. The molecule has 150 valence electrons. The standard InChI is InChI=1S/C22H21NO4S2/c1-26-19-10-14(4-6-17(19)24)18-7-5-15(27-18)11-20-21(25)23(22(28)29-20)16-9-12-2-3-13(16)8-12/h4-7,10-13,16,24H,2-3,8-9H2,1H3. The Labute approximate surface area is 178 Å². The fraction of sp³-hybridized carbons (Fsp3) is 0.364. The highest BCUT2D eigenvalue weighted by atomic mass is 32.2. The number of furan rings is 1. The molecular formula is C22H21NO4S2. The van der Waals surface area contributed by atoms with Gasteiger partial charge in [-0.2, -0.15) is 0 Å². The van der Waals surface area contributed by atoms with E-state index in [9.17, 15) is 9.90 Å². The zero-order valence-corrected chi connectivity index (χ0v) is 17.6. The molecule has 7 heteroatoms. The average molecular weight is 428 g/mol. The van der Waals surface area contributed by atoms with Crippen molar-refractivity contribution in [2.45, 2.75) is 31.7 Å². The zero-order chi connectivity index (χ0) is 20.1. The maximum atomic E-state index is 13.0.